The van der Waals surface area contributed by atoms with Crippen molar-refractivity contribution in [1.29, 1.82) is 0 Å². The van der Waals surface area contributed by atoms with Crippen molar-refractivity contribution in [2.24, 2.45) is 11.8 Å². The molecule has 0 amide bonds. The van der Waals surface area contributed by atoms with Crippen LogP contribution >= 0.6 is 0 Å². The van der Waals surface area contributed by atoms with E-state index in [1.54, 1.807) is 0 Å². The standard InChI is InChI=1S/C13H22O3/c1-10-4-2-5-11-12(10,14)6-3-7-13(11)15-8-9-16-13/h10-11,14H,2-9H2,1H3/t10-,11+,12-/m1/s1. The van der Waals surface area contributed by atoms with Crippen molar-refractivity contribution in [1.82, 2.24) is 0 Å². The Kier molecular flexibility index (Phi) is 2.54. The molecule has 92 valence electrons. The molecule has 16 heavy (non-hydrogen) atoms. The SMILES string of the molecule is C[C@@H]1CCC[C@@H]2C3(CCC[C@@]12O)OCCO3. The van der Waals surface area contributed by atoms with Crippen molar-refractivity contribution in [3.05, 3.63) is 0 Å². The molecule has 3 nitrogen and oxygen atoms in total. The van der Waals surface area contributed by atoms with Crippen LogP contribution in [0, 0.1) is 11.8 Å². The molecule has 2 aliphatic carbocycles. The first-order valence-electron chi connectivity index (χ1n) is 6.68. The first-order valence-corrected chi connectivity index (χ1v) is 6.68. The van der Waals surface area contributed by atoms with Crippen LogP contribution in [0.5, 0.6) is 0 Å². The molecule has 0 aromatic rings. The molecule has 1 heterocycles. The molecule has 1 saturated heterocycles. The van der Waals surface area contributed by atoms with E-state index in [1.165, 1.54) is 6.42 Å². The van der Waals surface area contributed by atoms with Crippen molar-refractivity contribution in [2.75, 3.05) is 13.2 Å². The van der Waals surface area contributed by atoms with Gasteiger partial charge in [-0.15, -0.1) is 0 Å². The summed E-state index contributed by atoms with van der Waals surface area (Å²) in [7, 11) is 0. The maximum atomic E-state index is 10.9. The lowest BCUT2D eigenvalue weighted by molar-refractivity contribution is -0.281. The third kappa shape index (κ3) is 1.38. The molecule has 1 aliphatic heterocycles. The molecule has 0 unspecified atom stereocenters. The van der Waals surface area contributed by atoms with E-state index in [0.29, 0.717) is 19.1 Å². The highest BCUT2D eigenvalue weighted by Crippen LogP contribution is 2.53. The van der Waals surface area contributed by atoms with Crippen molar-refractivity contribution in [3.63, 3.8) is 0 Å². The monoisotopic (exact) mass is 226 g/mol. The van der Waals surface area contributed by atoms with Gasteiger partial charge in [0.15, 0.2) is 5.79 Å². The molecule has 0 aromatic heterocycles. The summed E-state index contributed by atoms with van der Waals surface area (Å²) in [5.41, 5.74) is -0.541. The van der Waals surface area contributed by atoms with Gasteiger partial charge >= 0.3 is 0 Å². The first-order chi connectivity index (χ1) is 7.67. The van der Waals surface area contributed by atoms with Crippen LogP contribution in [-0.2, 0) is 9.47 Å². The molecule has 0 aromatic carbocycles. The van der Waals surface area contributed by atoms with E-state index in [0.717, 1.165) is 32.1 Å². The Morgan fingerprint density at radius 3 is 2.56 bits per heavy atom. The molecule has 0 radical (unpaired) electrons. The van der Waals surface area contributed by atoms with E-state index in [2.05, 4.69) is 6.92 Å². The Labute approximate surface area is 97.1 Å². The van der Waals surface area contributed by atoms with Gasteiger partial charge in [-0.3, -0.25) is 0 Å². The molecular formula is C13H22O3. The van der Waals surface area contributed by atoms with E-state index in [-0.39, 0.29) is 5.92 Å². The van der Waals surface area contributed by atoms with Crippen LogP contribution in [0.3, 0.4) is 0 Å². The fourth-order valence-corrected chi connectivity index (χ4v) is 4.10. The minimum atomic E-state index is -0.541. The average molecular weight is 226 g/mol. The Morgan fingerprint density at radius 2 is 1.81 bits per heavy atom. The Balaban J connectivity index is 1.92. The predicted molar refractivity (Wildman–Crippen MR) is 59.9 cm³/mol. The largest absolute Gasteiger partial charge is 0.389 e. The number of fused-ring (bicyclic) bond motifs is 2. The molecule has 1 spiro atoms. The van der Waals surface area contributed by atoms with Gasteiger partial charge in [-0.25, -0.2) is 0 Å². The molecule has 3 fully saturated rings. The van der Waals surface area contributed by atoms with Gasteiger partial charge in [0.25, 0.3) is 0 Å². The molecular weight excluding hydrogens is 204 g/mol. The lowest BCUT2D eigenvalue weighted by Gasteiger charge is -2.54. The number of hydrogen-bond donors (Lipinski definition) is 1. The average Bonchev–Trinajstić information content (AvgIpc) is 2.71. The van der Waals surface area contributed by atoms with E-state index >= 15 is 0 Å². The van der Waals surface area contributed by atoms with Crippen LogP contribution in [0.2, 0.25) is 0 Å². The highest BCUT2D eigenvalue weighted by atomic mass is 16.7. The summed E-state index contributed by atoms with van der Waals surface area (Å²) in [6.07, 6.45) is 6.31. The molecule has 3 atom stereocenters. The van der Waals surface area contributed by atoms with Gasteiger partial charge in [0.2, 0.25) is 0 Å². The summed E-state index contributed by atoms with van der Waals surface area (Å²) in [6, 6.07) is 0. The zero-order valence-electron chi connectivity index (χ0n) is 10.1. The van der Waals surface area contributed by atoms with Crippen molar-refractivity contribution >= 4 is 0 Å². The Morgan fingerprint density at radius 1 is 1.06 bits per heavy atom. The van der Waals surface area contributed by atoms with Crippen LogP contribution in [-0.4, -0.2) is 29.7 Å². The molecule has 0 bridgehead atoms. The maximum absolute atomic E-state index is 10.9. The van der Waals surface area contributed by atoms with Crippen molar-refractivity contribution < 1.29 is 14.6 Å². The first kappa shape index (κ1) is 11.0. The van der Waals surface area contributed by atoms with Crippen LogP contribution in [0.15, 0.2) is 0 Å². The second-order valence-electron chi connectivity index (χ2n) is 5.74. The fourth-order valence-electron chi connectivity index (χ4n) is 4.10. The van der Waals surface area contributed by atoms with Crippen LogP contribution in [0.1, 0.15) is 45.4 Å². The number of ether oxygens (including phenoxy) is 2. The van der Waals surface area contributed by atoms with Gasteiger partial charge in [-0.2, -0.15) is 0 Å². The van der Waals surface area contributed by atoms with Gasteiger partial charge in [0.1, 0.15) is 0 Å². The molecule has 2 saturated carbocycles. The van der Waals surface area contributed by atoms with Crippen LogP contribution in [0.4, 0.5) is 0 Å². The normalized spacial score (nSPS) is 46.9. The number of hydrogen-bond acceptors (Lipinski definition) is 3. The molecule has 3 aliphatic rings. The Bertz CT molecular complexity index is 266. The van der Waals surface area contributed by atoms with Gasteiger partial charge in [0, 0.05) is 12.3 Å². The predicted octanol–water partition coefficient (Wildman–Crippen LogP) is 2.08. The van der Waals surface area contributed by atoms with E-state index in [9.17, 15) is 5.11 Å². The van der Waals surface area contributed by atoms with Crippen molar-refractivity contribution in [3.8, 4) is 0 Å². The van der Waals surface area contributed by atoms with E-state index in [1.807, 2.05) is 0 Å². The van der Waals surface area contributed by atoms with E-state index in [4.69, 9.17) is 9.47 Å². The summed E-state index contributed by atoms with van der Waals surface area (Å²) < 4.78 is 11.8. The summed E-state index contributed by atoms with van der Waals surface area (Å²) in [5, 5.41) is 10.9. The zero-order chi connectivity index (χ0) is 11.2. The van der Waals surface area contributed by atoms with E-state index < -0.39 is 11.4 Å². The zero-order valence-corrected chi connectivity index (χ0v) is 10.1. The van der Waals surface area contributed by atoms with Gasteiger partial charge in [0.05, 0.1) is 18.8 Å². The summed E-state index contributed by atoms with van der Waals surface area (Å²) in [4.78, 5) is 0. The third-order valence-electron chi connectivity index (χ3n) is 5.00. The topological polar surface area (TPSA) is 38.7 Å². The number of rotatable bonds is 0. The molecule has 1 N–H and O–H groups in total. The second kappa shape index (κ2) is 3.69. The maximum Gasteiger partial charge on any atom is 0.174 e. The highest BCUT2D eigenvalue weighted by molar-refractivity contribution is 5.05. The van der Waals surface area contributed by atoms with Gasteiger partial charge < -0.3 is 14.6 Å². The van der Waals surface area contributed by atoms with Crippen molar-refractivity contribution in [2.45, 2.75) is 56.8 Å². The third-order valence-corrected chi connectivity index (χ3v) is 5.00. The van der Waals surface area contributed by atoms with Crippen LogP contribution < -0.4 is 0 Å². The summed E-state index contributed by atoms with van der Waals surface area (Å²) in [6.45, 7) is 3.57. The lowest BCUT2D eigenvalue weighted by Crippen LogP contribution is -2.60. The lowest BCUT2D eigenvalue weighted by atomic mass is 9.60. The van der Waals surface area contributed by atoms with Crippen LogP contribution in [0.25, 0.3) is 0 Å². The van der Waals surface area contributed by atoms with Gasteiger partial charge in [-0.1, -0.05) is 13.3 Å². The second-order valence-corrected chi connectivity index (χ2v) is 5.74. The minimum Gasteiger partial charge on any atom is -0.389 e. The molecule has 3 heteroatoms. The smallest absolute Gasteiger partial charge is 0.174 e. The highest BCUT2D eigenvalue weighted by Gasteiger charge is 2.59. The Hall–Kier alpha value is -0.120. The quantitative estimate of drug-likeness (QED) is 0.687. The fraction of sp³-hybridized carbons (Fsp3) is 1.00. The summed E-state index contributed by atoms with van der Waals surface area (Å²) >= 11 is 0. The minimum absolute atomic E-state index is 0.194. The number of aliphatic hydroxyl groups is 1. The molecule has 3 rings (SSSR count). The van der Waals surface area contributed by atoms with Gasteiger partial charge in [-0.05, 0) is 31.6 Å². The summed E-state index contributed by atoms with van der Waals surface area (Å²) in [5.74, 6) is 0.137.